The lowest BCUT2D eigenvalue weighted by Crippen LogP contribution is -2.47. The van der Waals surface area contributed by atoms with E-state index in [1.54, 1.807) is 18.3 Å². The van der Waals surface area contributed by atoms with Crippen LogP contribution < -0.4 is 5.32 Å². The predicted molar refractivity (Wildman–Crippen MR) is 108 cm³/mol. The minimum absolute atomic E-state index is 0.105. The van der Waals surface area contributed by atoms with Gasteiger partial charge in [0, 0.05) is 63.0 Å². The van der Waals surface area contributed by atoms with Gasteiger partial charge in [-0.1, -0.05) is 0 Å². The highest BCUT2D eigenvalue weighted by atomic mass is 16.3. The predicted octanol–water partition coefficient (Wildman–Crippen LogP) is 1.04. The number of carbonyl (C=O) groups is 2. The highest BCUT2D eigenvalue weighted by Gasteiger charge is 2.33. The van der Waals surface area contributed by atoms with Crippen LogP contribution in [0.25, 0.3) is 11.0 Å². The first-order valence-corrected chi connectivity index (χ1v) is 10.5. The molecule has 3 fully saturated rings. The number of pyridine rings is 1. The average molecular weight is 397 g/mol. The third-order valence-electron chi connectivity index (χ3n) is 6.44. The van der Waals surface area contributed by atoms with Crippen LogP contribution >= 0.6 is 0 Å². The Morgan fingerprint density at radius 2 is 1.97 bits per heavy atom. The van der Waals surface area contributed by atoms with Gasteiger partial charge in [-0.3, -0.25) is 14.6 Å². The van der Waals surface area contributed by atoms with Gasteiger partial charge in [0.25, 0.3) is 11.8 Å². The summed E-state index contributed by atoms with van der Waals surface area (Å²) in [6, 6.07) is 3.53. The van der Waals surface area contributed by atoms with Crippen LogP contribution in [0.2, 0.25) is 0 Å². The molecule has 0 saturated carbocycles. The number of hydrogen-bond donors (Lipinski definition) is 1. The number of furan rings is 1. The Bertz CT molecular complexity index is 922. The Labute approximate surface area is 169 Å². The van der Waals surface area contributed by atoms with Crippen LogP contribution in [0.3, 0.4) is 0 Å². The standard InChI is InChI=1S/C21H27N5O3/c1-24-4-6-26(7-5-24)21(28)19-9-15-11-22-17(10-18(15)29-19)20(27)23-16-8-14-2-3-25(12-14)13-16/h9-11,14,16H,2-8,12-13H2,1H3,(H,23,27). The maximum absolute atomic E-state index is 12.7. The van der Waals surface area contributed by atoms with Gasteiger partial charge in [0.15, 0.2) is 5.76 Å². The molecule has 3 atom stereocenters. The van der Waals surface area contributed by atoms with E-state index in [9.17, 15) is 9.59 Å². The third-order valence-corrected chi connectivity index (χ3v) is 6.44. The number of nitrogens with zero attached hydrogens (tertiary/aromatic N) is 4. The van der Waals surface area contributed by atoms with Crippen molar-refractivity contribution in [1.29, 1.82) is 0 Å². The van der Waals surface area contributed by atoms with Gasteiger partial charge in [-0.15, -0.1) is 0 Å². The first kappa shape index (κ1) is 18.6. The highest BCUT2D eigenvalue weighted by Crippen LogP contribution is 2.27. The fraction of sp³-hybridized carbons (Fsp3) is 0.571. The minimum Gasteiger partial charge on any atom is -0.451 e. The van der Waals surface area contributed by atoms with Gasteiger partial charge in [0.05, 0.1) is 0 Å². The van der Waals surface area contributed by atoms with Gasteiger partial charge in [-0.05, 0) is 38.4 Å². The molecule has 3 saturated heterocycles. The molecule has 29 heavy (non-hydrogen) atoms. The van der Waals surface area contributed by atoms with E-state index in [4.69, 9.17) is 4.42 Å². The molecule has 8 heteroatoms. The van der Waals surface area contributed by atoms with Crippen molar-refractivity contribution in [2.45, 2.75) is 18.9 Å². The molecule has 2 bridgehead atoms. The van der Waals surface area contributed by atoms with Crippen molar-refractivity contribution in [3.8, 4) is 0 Å². The summed E-state index contributed by atoms with van der Waals surface area (Å²) >= 11 is 0. The van der Waals surface area contributed by atoms with Gasteiger partial charge in [0.1, 0.15) is 11.3 Å². The molecule has 0 radical (unpaired) electrons. The molecule has 5 heterocycles. The lowest BCUT2D eigenvalue weighted by Gasteiger charge is -2.31. The molecule has 2 aromatic rings. The van der Waals surface area contributed by atoms with E-state index >= 15 is 0 Å². The van der Waals surface area contributed by atoms with Gasteiger partial charge in [-0.25, -0.2) is 0 Å². The SMILES string of the molecule is CN1CCN(C(=O)c2cc3cnc(C(=O)NC4CC5CCN(C5)C4)cc3o2)CC1. The van der Waals surface area contributed by atoms with Crippen LogP contribution in [0.5, 0.6) is 0 Å². The summed E-state index contributed by atoms with van der Waals surface area (Å²) in [7, 11) is 2.05. The van der Waals surface area contributed by atoms with Crippen LogP contribution in [-0.2, 0) is 0 Å². The molecule has 5 rings (SSSR count). The maximum Gasteiger partial charge on any atom is 0.289 e. The average Bonchev–Trinajstić information content (AvgIpc) is 3.30. The Morgan fingerprint density at radius 3 is 2.76 bits per heavy atom. The molecule has 3 aliphatic heterocycles. The van der Waals surface area contributed by atoms with Crippen LogP contribution in [0.4, 0.5) is 0 Å². The molecule has 0 aromatic carbocycles. The number of fused-ring (bicyclic) bond motifs is 3. The maximum atomic E-state index is 12.7. The number of nitrogens with one attached hydrogen (secondary N) is 1. The summed E-state index contributed by atoms with van der Waals surface area (Å²) in [5.74, 6) is 0.716. The Kier molecular flexibility index (Phi) is 4.75. The number of likely N-dealkylation sites (N-methyl/N-ethyl adjacent to an activating group) is 1. The van der Waals surface area contributed by atoms with Crippen molar-refractivity contribution in [2.24, 2.45) is 5.92 Å². The summed E-state index contributed by atoms with van der Waals surface area (Å²) in [6.07, 6.45) is 3.88. The molecular formula is C21H27N5O3. The quantitative estimate of drug-likeness (QED) is 0.834. The Hall–Kier alpha value is -2.45. The zero-order valence-electron chi connectivity index (χ0n) is 16.8. The third kappa shape index (κ3) is 3.74. The van der Waals surface area contributed by atoms with Crippen molar-refractivity contribution in [1.82, 2.24) is 25.0 Å². The van der Waals surface area contributed by atoms with Gasteiger partial charge in [-0.2, -0.15) is 0 Å². The molecular weight excluding hydrogens is 370 g/mol. The monoisotopic (exact) mass is 397 g/mol. The second-order valence-corrected chi connectivity index (χ2v) is 8.63. The van der Waals surface area contributed by atoms with E-state index in [0.717, 1.165) is 44.5 Å². The normalized spacial score (nSPS) is 27.3. The van der Waals surface area contributed by atoms with Crippen molar-refractivity contribution in [2.75, 3.05) is 52.9 Å². The molecule has 2 aromatic heterocycles. The summed E-state index contributed by atoms with van der Waals surface area (Å²) in [5, 5.41) is 3.86. The second kappa shape index (κ2) is 7.42. The summed E-state index contributed by atoms with van der Waals surface area (Å²) in [5.41, 5.74) is 0.855. The molecule has 3 aliphatic rings. The fourth-order valence-corrected chi connectivity index (χ4v) is 4.75. The van der Waals surface area contributed by atoms with Crippen molar-refractivity contribution in [3.63, 3.8) is 0 Å². The Balaban J connectivity index is 1.29. The molecule has 1 N–H and O–H groups in total. The lowest BCUT2D eigenvalue weighted by atomic mass is 9.97. The molecule has 0 spiro atoms. The zero-order valence-corrected chi connectivity index (χ0v) is 16.8. The smallest absolute Gasteiger partial charge is 0.289 e. The van der Waals surface area contributed by atoms with Crippen LogP contribution in [0.15, 0.2) is 22.7 Å². The number of rotatable bonds is 3. The van der Waals surface area contributed by atoms with Gasteiger partial charge >= 0.3 is 0 Å². The zero-order chi connectivity index (χ0) is 20.0. The fourth-order valence-electron chi connectivity index (χ4n) is 4.75. The molecule has 2 amide bonds. The largest absolute Gasteiger partial charge is 0.451 e. The molecule has 3 unspecified atom stereocenters. The van der Waals surface area contributed by atoms with Gasteiger partial charge < -0.3 is 24.4 Å². The van der Waals surface area contributed by atoms with Crippen molar-refractivity contribution >= 4 is 22.8 Å². The van der Waals surface area contributed by atoms with Crippen molar-refractivity contribution in [3.05, 3.63) is 29.8 Å². The van der Waals surface area contributed by atoms with Crippen LogP contribution in [0.1, 0.15) is 33.9 Å². The van der Waals surface area contributed by atoms with E-state index in [2.05, 4.69) is 27.1 Å². The van der Waals surface area contributed by atoms with E-state index in [-0.39, 0.29) is 17.9 Å². The van der Waals surface area contributed by atoms with E-state index in [0.29, 0.717) is 36.0 Å². The number of piperidine rings is 1. The van der Waals surface area contributed by atoms with Crippen LogP contribution in [-0.4, -0.2) is 90.4 Å². The number of amides is 2. The molecule has 0 aliphatic carbocycles. The number of hydrogen-bond acceptors (Lipinski definition) is 6. The van der Waals surface area contributed by atoms with Gasteiger partial charge in [0.2, 0.25) is 0 Å². The summed E-state index contributed by atoms with van der Waals surface area (Å²) in [4.78, 5) is 36.2. The minimum atomic E-state index is -0.178. The van der Waals surface area contributed by atoms with E-state index in [1.807, 2.05) is 4.90 Å². The number of aromatic nitrogens is 1. The lowest BCUT2D eigenvalue weighted by molar-refractivity contribution is 0.0635. The molecule has 154 valence electrons. The first-order chi connectivity index (χ1) is 14.0. The van der Waals surface area contributed by atoms with E-state index in [1.165, 1.54) is 6.42 Å². The first-order valence-electron chi connectivity index (χ1n) is 10.5. The highest BCUT2D eigenvalue weighted by molar-refractivity contribution is 5.98. The molecule has 8 nitrogen and oxygen atoms in total. The Morgan fingerprint density at radius 1 is 1.14 bits per heavy atom. The second-order valence-electron chi connectivity index (χ2n) is 8.63. The number of piperazine rings is 1. The topological polar surface area (TPSA) is 81.9 Å². The van der Waals surface area contributed by atoms with Crippen LogP contribution in [0, 0.1) is 5.92 Å². The summed E-state index contributed by atoms with van der Waals surface area (Å²) < 4.78 is 5.80. The van der Waals surface area contributed by atoms with Crippen molar-refractivity contribution < 1.29 is 14.0 Å². The summed E-state index contributed by atoms with van der Waals surface area (Å²) in [6.45, 7) is 6.31. The van der Waals surface area contributed by atoms with E-state index < -0.39 is 0 Å². The number of carbonyl (C=O) groups excluding carboxylic acids is 2.